The van der Waals surface area contributed by atoms with Crippen molar-refractivity contribution in [2.45, 2.75) is 71.5 Å². The molecule has 0 bridgehead atoms. The number of carboxylic acid groups (broad SMARTS) is 2. The van der Waals surface area contributed by atoms with Gasteiger partial charge in [0.15, 0.2) is 12.2 Å². The Morgan fingerprint density at radius 1 is 0.739 bits per heavy atom. The van der Waals surface area contributed by atoms with E-state index < -0.39 is 24.1 Å². The number of aliphatic carboxylic acids is 2. The monoisotopic (exact) mass is 335 g/mol. The number of aliphatic hydroxyl groups is 2. The summed E-state index contributed by atoms with van der Waals surface area (Å²) in [4.78, 5) is 22.2. The molecule has 7 nitrogen and oxygen atoms in total. The van der Waals surface area contributed by atoms with Gasteiger partial charge in [0.25, 0.3) is 0 Å². The number of carbonyl (C=O) groups is 2. The van der Waals surface area contributed by atoms with E-state index in [-0.39, 0.29) is 0 Å². The summed E-state index contributed by atoms with van der Waals surface area (Å²) in [7, 11) is 0. The van der Waals surface area contributed by atoms with Crippen molar-refractivity contribution in [3.05, 3.63) is 0 Å². The Balaban J connectivity index is 0. The Morgan fingerprint density at radius 2 is 1.00 bits per heavy atom. The van der Waals surface area contributed by atoms with E-state index in [9.17, 15) is 9.59 Å². The van der Waals surface area contributed by atoms with Crippen LogP contribution in [-0.2, 0) is 9.59 Å². The third-order valence-corrected chi connectivity index (χ3v) is 3.29. The van der Waals surface area contributed by atoms with Crippen LogP contribution in [0.3, 0.4) is 0 Å². The second-order valence-corrected chi connectivity index (χ2v) is 5.47. The first kappa shape index (κ1) is 24.1. The van der Waals surface area contributed by atoms with E-state index in [0.29, 0.717) is 0 Å². The molecule has 0 aromatic heterocycles. The minimum atomic E-state index is -2.27. The zero-order chi connectivity index (χ0) is 18.3. The minimum Gasteiger partial charge on any atom is -0.479 e. The van der Waals surface area contributed by atoms with Crippen LogP contribution in [0.4, 0.5) is 0 Å². The number of rotatable bonds is 12. The molecular formula is C16H33NO6. The summed E-state index contributed by atoms with van der Waals surface area (Å²) in [5, 5.41) is 32.5. The molecular weight excluding hydrogens is 302 g/mol. The molecule has 7 heteroatoms. The zero-order valence-electron chi connectivity index (χ0n) is 14.6. The number of carboxylic acids is 2. The molecule has 23 heavy (non-hydrogen) atoms. The van der Waals surface area contributed by atoms with Crippen LogP contribution in [0.1, 0.15) is 59.3 Å². The summed E-state index contributed by atoms with van der Waals surface area (Å²) in [6.07, 6.45) is 3.56. The van der Waals surface area contributed by atoms with Gasteiger partial charge in [-0.2, -0.15) is 0 Å². The predicted octanol–water partition coefficient (Wildman–Crippen LogP) is 1.57. The molecule has 0 saturated heterocycles. The second-order valence-electron chi connectivity index (χ2n) is 5.47. The molecule has 0 radical (unpaired) electrons. The van der Waals surface area contributed by atoms with Crippen molar-refractivity contribution in [1.82, 2.24) is 4.90 Å². The Labute approximate surface area is 138 Å². The highest BCUT2D eigenvalue weighted by Gasteiger charge is 2.29. The van der Waals surface area contributed by atoms with Gasteiger partial charge in [-0.05, 0) is 38.9 Å². The third-order valence-electron chi connectivity index (χ3n) is 3.29. The van der Waals surface area contributed by atoms with Gasteiger partial charge in [-0.25, -0.2) is 9.59 Å². The summed E-state index contributed by atoms with van der Waals surface area (Å²) >= 11 is 0. The lowest BCUT2D eigenvalue weighted by atomic mass is 10.2. The summed E-state index contributed by atoms with van der Waals surface area (Å²) in [6, 6.07) is 0. The van der Waals surface area contributed by atoms with Crippen LogP contribution in [0, 0.1) is 0 Å². The van der Waals surface area contributed by atoms with Crippen molar-refractivity contribution in [1.29, 1.82) is 0 Å². The van der Waals surface area contributed by atoms with Crippen LogP contribution in [-0.4, -0.2) is 69.1 Å². The molecule has 0 heterocycles. The van der Waals surface area contributed by atoms with E-state index in [0.717, 1.165) is 0 Å². The molecule has 0 aromatic carbocycles. The number of unbranched alkanes of at least 4 members (excludes halogenated alkanes) is 3. The lowest BCUT2D eigenvalue weighted by Gasteiger charge is -2.21. The van der Waals surface area contributed by atoms with E-state index in [1.165, 1.54) is 58.2 Å². The van der Waals surface area contributed by atoms with Gasteiger partial charge in [0.2, 0.25) is 0 Å². The zero-order valence-corrected chi connectivity index (χ0v) is 14.6. The highest BCUT2D eigenvalue weighted by molar-refractivity contribution is 5.83. The molecule has 0 rings (SSSR count). The minimum absolute atomic E-state index is 1.32. The molecule has 0 aliphatic rings. The van der Waals surface area contributed by atoms with E-state index in [1.807, 2.05) is 0 Å². The van der Waals surface area contributed by atoms with Gasteiger partial charge in [0.1, 0.15) is 0 Å². The number of nitrogens with zero attached hydrogens (tertiary/aromatic N) is 1. The fourth-order valence-electron chi connectivity index (χ4n) is 1.75. The standard InChI is InChI=1S/C12H27N.C4H6O6/c1-4-7-10-13(11-8-5-2)12-9-6-3;5-1(3(7)8)2(6)4(9)10/h4-12H2,1-3H3;1-2,5-6H,(H,7,8)(H,9,10). The maximum Gasteiger partial charge on any atom is 0.335 e. The van der Waals surface area contributed by atoms with E-state index >= 15 is 0 Å². The van der Waals surface area contributed by atoms with Crippen LogP contribution in [0.15, 0.2) is 0 Å². The predicted molar refractivity (Wildman–Crippen MR) is 88.4 cm³/mol. The first-order chi connectivity index (χ1) is 10.8. The third kappa shape index (κ3) is 14.2. The van der Waals surface area contributed by atoms with Crippen molar-refractivity contribution in [3.63, 3.8) is 0 Å². The van der Waals surface area contributed by atoms with Gasteiger partial charge in [0, 0.05) is 0 Å². The maximum absolute atomic E-state index is 9.77. The molecule has 0 aliphatic carbocycles. The Bertz CT molecular complexity index is 274. The van der Waals surface area contributed by atoms with E-state index in [1.54, 1.807) is 0 Å². The topological polar surface area (TPSA) is 118 Å². The van der Waals surface area contributed by atoms with Crippen LogP contribution in [0.25, 0.3) is 0 Å². The number of hydrogen-bond acceptors (Lipinski definition) is 5. The van der Waals surface area contributed by atoms with Crippen molar-refractivity contribution in [2.24, 2.45) is 0 Å². The van der Waals surface area contributed by atoms with Crippen LogP contribution >= 0.6 is 0 Å². The fraction of sp³-hybridized carbons (Fsp3) is 0.875. The Hall–Kier alpha value is -1.18. The summed E-state index contributed by atoms with van der Waals surface area (Å²) in [6.45, 7) is 10.8. The van der Waals surface area contributed by atoms with E-state index in [2.05, 4.69) is 25.7 Å². The molecule has 2 atom stereocenters. The summed E-state index contributed by atoms with van der Waals surface area (Å²) < 4.78 is 0. The lowest BCUT2D eigenvalue weighted by molar-refractivity contribution is -0.165. The van der Waals surface area contributed by atoms with Gasteiger partial charge in [-0.15, -0.1) is 0 Å². The van der Waals surface area contributed by atoms with Crippen molar-refractivity contribution < 1.29 is 30.0 Å². The second kappa shape index (κ2) is 15.7. The average Bonchev–Trinajstić information content (AvgIpc) is 2.53. The highest BCUT2D eigenvalue weighted by atomic mass is 16.4. The smallest absolute Gasteiger partial charge is 0.335 e. The first-order valence-corrected chi connectivity index (χ1v) is 8.35. The molecule has 0 aliphatic heterocycles. The van der Waals surface area contributed by atoms with Crippen LogP contribution < -0.4 is 0 Å². The highest BCUT2D eigenvalue weighted by Crippen LogP contribution is 2.01. The largest absolute Gasteiger partial charge is 0.479 e. The number of aliphatic hydroxyl groups excluding tert-OH is 2. The Kier molecular flexibility index (Phi) is 16.4. The van der Waals surface area contributed by atoms with Crippen LogP contribution in [0.2, 0.25) is 0 Å². The van der Waals surface area contributed by atoms with Gasteiger partial charge in [-0.3, -0.25) is 0 Å². The van der Waals surface area contributed by atoms with Crippen molar-refractivity contribution >= 4 is 11.9 Å². The average molecular weight is 335 g/mol. The molecule has 0 fully saturated rings. The quantitative estimate of drug-likeness (QED) is 0.427. The molecule has 0 spiro atoms. The van der Waals surface area contributed by atoms with Gasteiger partial charge >= 0.3 is 11.9 Å². The number of hydrogen-bond donors (Lipinski definition) is 4. The molecule has 2 unspecified atom stereocenters. The normalized spacial score (nSPS) is 13.1. The fourth-order valence-corrected chi connectivity index (χ4v) is 1.75. The molecule has 4 N–H and O–H groups in total. The Morgan fingerprint density at radius 3 is 1.17 bits per heavy atom. The summed E-state index contributed by atoms with van der Waals surface area (Å²) in [5.74, 6) is -3.54. The van der Waals surface area contributed by atoms with Gasteiger partial charge in [-0.1, -0.05) is 40.0 Å². The van der Waals surface area contributed by atoms with Crippen molar-refractivity contribution in [2.75, 3.05) is 19.6 Å². The lowest BCUT2D eigenvalue weighted by Crippen LogP contribution is -2.39. The summed E-state index contributed by atoms with van der Waals surface area (Å²) in [5.41, 5.74) is 0. The molecule has 0 saturated carbocycles. The van der Waals surface area contributed by atoms with Crippen LogP contribution in [0.5, 0.6) is 0 Å². The molecule has 0 amide bonds. The van der Waals surface area contributed by atoms with Crippen molar-refractivity contribution in [3.8, 4) is 0 Å². The maximum atomic E-state index is 9.77. The SMILES string of the molecule is CCCCN(CCCC)CCCC.O=C(O)C(O)C(O)C(=O)O. The van der Waals surface area contributed by atoms with Gasteiger partial charge in [0.05, 0.1) is 0 Å². The first-order valence-electron chi connectivity index (χ1n) is 8.35. The molecule has 138 valence electrons. The molecule has 0 aromatic rings. The van der Waals surface area contributed by atoms with E-state index in [4.69, 9.17) is 20.4 Å². The van der Waals surface area contributed by atoms with Gasteiger partial charge < -0.3 is 25.3 Å².